The molecular formula is C30H37N5O. The third-order valence-corrected chi connectivity index (χ3v) is 7.18. The normalized spacial score (nSPS) is 17.8. The molecule has 36 heavy (non-hydrogen) atoms. The lowest BCUT2D eigenvalue weighted by atomic mass is 9.81. The van der Waals surface area contributed by atoms with Gasteiger partial charge in [-0.1, -0.05) is 49.7 Å². The van der Waals surface area contributed by atoms with Gasteiger partial charge < -0.3 is 15.4 Å². The molecule has 0 spiro atoms. The van der Waals surface area contributed by atoms with Crippen molar-refractivity contribution in [2.75, 3.05) is 18.4 Å². The zero-order valence-electron chi connectivity index (χ0n) is 21.2. The molecule has 2 aromatic carbocycles. The average Bonchev–Trinajstić information content (AvgIpc) is 3.36. The standard InChI is InChI=1S/C30H37N5O/c1-2-3-16-31-20-23-12-14-25(15-13-23)30-33-21-28-29(32-17-18-35(28)30)34-26-10-7-11-27(19-26)36-22-24-8-5-4-6-9-24/h4-11,17-19,21,23,25,31H,2-3,12-16,20,22H2,1H3,(H,32,34). The van der Waals surface area contributed by atoms with E-state index < -0.39 is 0 Å². The van der Waals surface area contributed by atoms with Crippen LogP contribution in [0.4, 0.5) is 11.5 Å². The first-order valence-electron chi connectivity index (χ1n) is 13.4. The summed E-state index contributed by atoms with van der Waals surface area (Å²) >= 11 is 0. The quantitative estimate of drug-likeness (QED) is 0.232. The van der Waals surface area contributed by atoms with E-state index in [0.29, 0.717) is 12.5 Å². The first kappa shape index (κ1) is 24.3. The summed E-state index contributed by atoms with van der Waals surface area (Å²) in [5.74, 6) is 4.09. The molecule has 188 valence electrons. The summed E-state index contributed by atoms with van der Waals surface area (Å²) in [6.07, 6.45) is 13.3. The fourth-order valence-corrected chi connectivity index (χ4v) is 5.12. The molecule has 0 unspecified atom stereocenters. The molecule has 1 saturated carbocycles. The second-order valence-corrected chi connectivity index (χ2v) is 9.85. The predicted molar refractivity (Wildman–Crippen MR) is 146 cm³/mol. The van der Waals surface area contributed by atoms with Gasteiger partial charge in [-0.15, -0.1) is 0 Å². The van der Waals surface area contributed by atoms with Crippen LogP contribution in [0.25, 0.3) is 5.52 Å². The number of rotatable bonds is 11. The Balaban J connectivity index is 1.23. The Bertz CT molecular complexity index is 1230. The van der Waals surface area contributed by atoms with Crippen LogP contribution >= 0.6 is 0 Å². The van der Waals surface area contributed by atoms with Crippen LogP contribution in [0.3, 0.4) is 0 Å². The van der Waals surface area contributed by atoms with Gasteiger partial charge in [-0.3, -0.25) is 4.40 Å². The number of nitrogens with zero attached hydrogens (tertiary/aromatic N) is 3. The number of hydrogen-bond acceptors (Lipinski definition) is 5. The third kappa shape index (κ3) is 6.05. The number of imidazole rings is 1. The minimum Gasteiger partial charge on any atom is -0.489 e. The van der Waals surface area contributed by atoms with E-state index in [9.17, 15) is 0 Å². The molecule has 0 radical (unpaired) electrons. The van der Waals surface area contributed by atoms with Crippen LogP contribution in [0.2, 0.25) is 0 Å². The van der Waals surface area contributed by atoms with E-state index in [1.165, 1.54) is 38.5 Å². The third-order valence-electron chi connectivity index (χ3n) is 7.18. The number of aromatic nitrogens is 3. The highest BCUT2D eigenvalue weighted by molar-refractivity contribution is 5.73. The molecule has 0 bridgehead atoms. The molecule has 2 heterocycles. The highest BCUT2D eigenvalue weighted by atomic mass is 16.5. The maximum atomic E-state index is 6.00. The molecule has 0 saturated heterocycles. The lowest BCUT2D eigenvalue weighted by Gasteiger charge is -2.28. The van der Waals surface area contributed by atoms with Crippen molar-refractivity contribution < 1.29 is 4.74 Å². The van der Waals surface area contributed by atoms with Gasteiger partial charge in [0.25, 0.3) is 0 Å². The van der Waals surface area contributed by atoms with Crippen LogP contribution in [0.15, 0.2) is 73.2 Å². The zero-order valence-corrected chi connectivity index (χ0v) is 21.2. The second kappa shape index (κ2) is 12.0. The Morgan fingerprint density at radius 3 is 2.69 bits per heavy atom. The van der Waals surface area contributed by atoms with Gasteiger partial charge in [0.15, 0.2) is 5.82 Å². The van der Waals surface area contributed by atoms with Crippen LogP contribution in [-0.4, -0.2) is 27.5 Å². The van der Waals surface area contributed by atoms with Crippen LogP contribution in [0, 0.1) is 5.92 Å². The maximum absolute atomic E-state index is 6.00. The number of fused-ring (bicyclic) bond motifs is 1. The molecule has 2 N–H and O–H groups in total. The summed E-state index contributed by atoms with van der Waals surface area (Å²) in [7, 11) is 0. The molecule has 1 aliphatic rings. The highest BCUT2D eigenvalue weighted by Crippen LogP contribution is 2.36. The van der Waals surface area contributed by atoms with Gasteiger partial charge in [0, 0.05) is 30.1 Å². The number of unbranched alkanes of at least 4 members (excludes halogenated alkanes) is 1. The second-order valence-electron chi connectivity index (χ2n) is 9.85. The Morgan fingerprint density at radius 1 is 1.00 bits per heavy atom. The molecule has 1 fully saturated rings. The molecule has 0 aliphatic heterocycles. The summed E-state index contributed by atoms with van der Waals surface area (Å²) in [5, 5.41) is 7.12. The minimum atomic E-state index is 0.504. The topological polar surface area (TPSA) is 63.5 Å². The maximum Gasteiger partial charge on any atom is 0.156 e. The van der Waals surface area contributed by atoms with E-state index in [2.05, 4.69) is 39.1 Å². The lowest BCUT2D eigenvalue weighted by molar-refractivity contribution is 0.306. The van der Waals surface area contributed by atoms with Crippen molar-refractivity contribution in [1.29, 1.82) is 0 Å². The monoisotopic (exact) mass is 483 g/mol. The highest BCUT2D eigenvalue weighted by Gasteiger charge is 2.25. The Morgan fingerprint density at radius 2 is 1.86 bits per heavy atom. The van der Waals surface area contributed by atoms with Crippen molar-refractivity contribution in [3.05, 3.63) is 84.6 Å². The smallest absolute Gasteiger partial charge is 0.156 e. The van der Waals surface area contributed by atoms with E-state index in [1.807, 2.05) is 61.1 Å². The Hall–Kier alpha value is -3.38. The van der Waals surface area contributed by atoms with Gasteiger partial charge in [0.05, 0.1) is 6.20 Å². The van der Waals surface area contributed by atoms with Crippen LogP contribution in [-0.2, 0) is 6.61 Å². The van der Waals surface area contributed by atoms with Gasteiger partial charge in [-0.2, -0.15) is 0 Å². The van der Waals surface area contributed by atoms with Crippen molar-refractivity contribution >= 4 is 17.0 Å². The number of ether oxygens (including phenoxy) is 1. The first-order valence-corrected chi connectivity index (χ1v) is 13.4. The molecule has 6 heteroatoms. The molecule has 5 rings (SSSR count). The van der Waals surface area contributed by atoms with Gasteiger partial charge in [-0.25, -0.2) is 9.97 Å². The number of nitrogens with one attached hydrogen (secondary N) is 2. The van der Waals surface area contributed by atoms with Crippen LogP contribution in [0.5, 0.6) is 5.75 Å². The first-order chi connectivity index (χ1) is 17.8. The van der Waals surface area contributed by atoms with Crippen LogP contribution < -0.4 is 15.4 Å². The van der Waals surface area contributed by atoms with Gasteiger partial charge in [-0.05, 0) is 68.8 Å². The van der Waals surface area contributed by atoms with E-state index in [1.54, 1.807) is 0 Å². The number of benzene rings is 2. The van der Waals surface area contributed by atoms with E-state index in [4.69, 9.17) is 9.72 Å². The molecule has 1 aliphatic carbocycles. The van der Waals surface area contributed by atoms with Crippen molar-refractivity contribution in [3.63, 3.8) is 0 Å². The summed E-state index contributed by atoms with van der Waals surface area (Å²) in [6, 6.07) is 18.2. The molecule has 0 amide bonds. The van der Waals surface area contributed by atoms with Crippen molar-refractivity contribution in [2.24, 2.45) is 5.92 Å². The fraction of sp³-hybridized carbons (Fsp3) is 0.400. The summed E-state index contributed by atoms with van der Waals surface area (Å²) in [6.45, 7) is 5.09. The summed E-state index contributed by atoms with van der Waals surface area (Å²) < 4.78 is 8.22. The SMILES string of the molecule is CCCCNCC1CCC(c2ncc3c(Nc4cccc(OCc5ccccc5)c4)nccn23)CC1. The molecule has 2 aromatic heterocycles. The van der Waals surface area contributed by atoms with Crippen LogP contribution in [0.1, 0.15) is 62.8 Å². The van der Waals surface area contributed by atoms with Gasteiger partial charge >= 0.3 is 0 Å². The van der Waals surface area contributed by atoms with Gasteiger partial charge in [0.1, 0.15) is 23.7 Å². The largest absolute Gasteiger partial charge is 0.489 e. The molecule has 0 atom stereocenters. The van der Waals surface area contributed by atoms with Crippen molar-refractivity contribution in [1.82, 2.24) is 19.7 Å². The molecule has 4 aromatic rings. The average molecular weight is 484 g/mol. The summed E-state index contributed by atoms with van der Waals surface area (Å²) in [5.41, 5.74) is 3.10. The number of hydrogen-bond donors (Lipinski definition) is 2. The van der Waals surface area contributed by atoms with E-state index >= 15 is 0 Å². The Kier molecular flexibility index (Phi) is 8.13. The number of anilines is 2. The Labute approximate surface area is 214 Å². The van der Waals surface area contributed by atoms with Crippen molar-refractivity contribution in [3.8, 4) is 5.75 Å². The molecular weight excluding hydrogens is 446 g/mol. The minimum absolute atomic E-state index is 0.504. The fourth-order valence-electron chi connectivity index (χ4n) is 5.12. The zero-order chi connectivity index (χ0) is 24.6. The summed E-state index contributed by atoms with van der Waals surface area (Å²) in [4.78, 5) is 9.48. The van der Waals surface area contributed by atoms with E-state index in [-0.39, 0.29) is 0 Å². The van der Waals surface area contributed by atoms with Gasteiger partial charge in [0.2, 0.25) is 0 Å². The van der Waals surface area contributed by atoms with Crippen molar-refractivity contribution in [2.45, 2.75) is 58.0 Å². The molecule has 6 nitrogen and oxygen atoms in total. The lowest BCUT2D eigenvalue weighted by Crippen LogP contribution is -2.27. The van der Waals surface area contributed by atoms with E-state index in [0.717, 1.165) is 53.2 Å². The predicted octanol–water partition coefficient (Wildman–Crippen LogP) is 6.72.